The Labute approximate surface area is 197 Å². The fraction of sp³-hybridized carbons (Fsp3) is 0.167. The maximum Gasteiger partial charge on any atom is 0.271 e. The second-order valence-electron chi connectivity index (χ2n) is 7.51. The van der Waals surface area contributed by atoms with E-state index in [0.29, 0.717) is 29.2 Å². The summed E-state index contributed by atoms with van der Waals surface area (Å²) < 4.78 is 38.5. The molecule has 0 spiro atoms. The SMILES string of the molecule is COc1ccc(OC)c(NS(=O)(=O)c2ccc(C(=O)N/N=C3\CCc4cccc(O)c43)cc2)c1. The molecule has 0 saturated heterocycles. The van der Waals surface area contributed by atoms with Gasteiger partial charge in [-0.3, -0.25) is 9.52 Å². The number of carbonyl (C=O) groups is 1. The van der Waals surface area contributed by atoms with E-state index in [0.717, 1.165) is 12.0 Å². The van der Waals surface area contributed by atoms with Gasteiger partial charge in [0.2, 0.25) is 0 Å². The van der Waals surface area contributed by atoms with Gasteiger partial charge in [0.05, 0.1) is 30.5 Å². The highest BCUT2D eigenvalue weighted by molar-refractivity contribution is 7.92. The molecule has 3 aromatic rings. The van der Waals surface area contributed by atoms with Gasteiger partial charge in [-0.2, -0.15) is 5.10 Å². The number of aryl methyl sites for hydroxylation is 1. The lowest BCUT2D eigenvalue weighted by molar-refractivity contribution is 0.0954. The van der Waals surface area contributed by atoms with Crippen LogP contribution in [0.3, 0.4) is 0 Å². The molecule has 0 heterocycles. The molecule has 1 amide bonds. The number of nitrogens with one attached hydrogen (secondary N) is 2. The average Bonchev–Trinajstić information content (AvgIpc) is 3.26. The van der Waals surface area contributed by atoms with Crippen molar-refractivity contribution in [3.05, 3.63) is 77.4 Å². The molecular weight excluding hydrogens is 458 g/mol. The highest BCUT2D eigenvalue weighted by Gasteiger charge is 2.22. The topological polar surface area (TPSA) is 126 Å². The summed E-state index contributed by atoms with van der Waals surface area (Å²) in [5.74, 6) is 0.421. The molecule has 0 bridgehead atoms. The van der Waals surface area contributed by atoms with Crippen LogP contribution in [0.1, 0.15) is 27.9 Å². The van der Waals surface area contributed by atoms with E-state index in [2.05, 4.69) is 15.2 Å². The molecule has 0 fully saturated rings. The first-order valence-corrected chi connectivity index (χ1v) is 11.8. The van der Waals surface area contributed by atoms with E-state index in [1.54, 1.807) is 24.3 Å². The average molecular weight is 482 g/mol. The van der Waals surface area contributed by atoms with Gasteiger partial charge >= 0.3 is 0 Å². The lowest BCUT2D eigenvalue weighted by atomic mass is 10.1. The van der Waals surface area contributed by atoms with E-state index in [4.69, 9.17) is 9.47 Å². The number of phenolic OH excluding ortho intramolecular Hbond substituents is 1. The Bertz CT molecular complexity index is 1370. The first-order valence-electron chi connectivity index (χ1n) is 10.4. The van der Waals surface area contributed by atoms with Crippen LogP contribution in [-0.4, -0.2) is 39.4 Å². The zero-order valence-electron chi connectivity index (χ0n) is 18.5. The lowest BCUT2D eigenvalue weighted by Gasteiger charge is -2.13. The summed E-state index contributed by atoms with van der Waals surface area (Å²) in [6, 6.07) is 15.5. The predicted molar refractivity (Wildman–Crippen MR) is 127 cm³/mol. The number of hydrogen-bond donors (Lipinski definition) is 3. The van der Waals surface area contributed by atoms with Crippen LogP contribution >= 0.6 is 0 Å². The molecule has 10 heteroatoms. The molecular formula is C24H23N3O6S. The number of fused-ring (bicyclic) bond motifs is 1. The zero-order chi connectivity index (χ0) is 24.3. The molecule has 34 heavy (non-hydrogen) atoms. The number of benzene rings is 3. The van der Waals surface area contributed by atoms with Crippen LogP contribution in [0.5, 0.6) is 17.2 Å². The summed E-state index contributed by atoms with van der Waals surface area (Å²) in [7, 11) is -1.04. The van der Waals surface area contributed by atoms with Gasteiger partial charge in [-0.25, -0.2) is 13.8 Å². The van der Waals surface area contributed by atoms with Crippen LogP contribution in [0.15, 0.2) is 70.7 Å². The lowest BCUT2D eigenvalue weighted by Crippen LogP contribution is -2.20. The Morgan fingerprint density at radius 1 is 1.00 bits per heavy atom. The number of carbonyl (C=O) groups excluding carboxylic acids is 1. The van der Waals surface area contributed by atoms with Crippen molar-refractivity contribution in [1.82, 2.24) is 5.43 Å². The van der Waals surface area contributed by atoms with E-state index in [1.165, 1.54) is 44.6 Å². The monoisotopic (exact) mass is 481 g/mol. The summed E-state index contributed by atoms with van der Waals surface area (Å²) in [5.41, 5.74) is 5.14. The predicted octanol–water partition coefficient (Wildman–Crippen LogP) is 3.29. The van der Waals surface area contributed by atoms with Gasteiger partial charge in [0, 0.05) is 17.2 Å². The Morgan fingerprint density at radius 3 is 2.47 bits per heavy atom. The minimum absolute atomic E-state index is 0.0325. The third-order valence-electron chi connectivity index (χ3n) is 5.42. The molecule has 3 aromatic carbocycles. The summed E-state index contributed by atoms with van der Waals surface area (Å²) in [5, 5.41) is 14.3. The molecule has 0 unspecified atom stereocenters. The first kappa shape index (κ1) is 23.1. The second kappa shape index (κ2) is 9.44. The van der Waals surface area contributed by atoms with Crippen LogP contribution in [0.4, 0.5) is 5.69 Å². The Kier molecular flexibility index (Phi) is 6.42. The van der Waals surface area contributed by atoms with Gasteiger partial charge in [0.15, 0.2) is 0 Å². The number of sulfonamides is 1. The number of amides is 1. The second-order valence-corrected chi connectivity index (χ2v) is 9.19. The molecule has 4 rings (SSSR count). The molecule has 0 aliphatic heterocycles. The normalized spacial score (nSPS) is 13.9. The van der Waals surface area contributed by atoms with Crippen molar-refractivity contribution in [2.24, 2.45) is 5.10 Å². The molecule has 0 saturated carbocycles. The number of methoxy groups -OCH3 is 2. The smallest absolute Gasteiger partial charge is 0.271 e. The number of ether oxygens (including phenoxy) is 2. The molecule has 0 atom stereocenters. The van der Waals surface area contributed by atoms with Crippen LogP contribution < -0.4 is 19.6 Å². The highest BCUT2D eigenvalue weighted by Crippen LogP contribution is 2.31. The van der Waals surface area contributed by atoms with Gasteiger partial charge in [-0.05, 0) is 60.9 Å². The molecule has 176 valence electrons. The third kappa shape index (κ3) is 4.67. The van der Waals surface area contributed by atoms with E-state index < -0.39 is 15.9 Å². The number of hydrazone groups is 1. The molecule has 0 radical (unpaired) electrons. The van der Waals surface area contributed by atoms with Crippen molar-refractivity contribution in [3.8, 4) is 17.2 Å². The minimum Gasteiger partial charge on any atom is -0.507 e. The first-order chi connectivity index (χ1) is 16.3. The van der Waals surface area contributed by atoms with E-state index in [1.807, 2.05) is 6.07 Å². The van der Waals surface area contributed by atoms with Crippen molar-refractivity contribution in [1.29, 1.82) is 0 Å². The largest absolute Gasteiger partial charge is 0.507 e. The van der Waals surface area contributed by atoms with Crippen LogP contribution in [0, 0.1) is 0 Å². The number of hydrogen-bond acceptors (Lipinski definition) is 7. The third-order valence-corrected chi connectivity index (χ3v) is 6.80. The summed E-state index contributed by atoms with van der Waals surface area (Å²) in [6.07, 6.45) is 1.33. The number of aromatic hydroxyl groups is 1. The summed E-state index contributed by atoms with van der Waals surface area (Å²) >= 11 is 0. The molecule has 9 nitrogen and oxygen atoms in total. The quantitative estimate of drug-likeness (QED) is 0.445. The van der Waals surface area contributed by atoms with E-state index in [-0.39, 0.29) is 21.9 Å². The molecule has 1 aliphatic carbocycles. The van der Waals surface area contributed by atoms with Crippen molar-refractivity contribution in [2.75, 3.05) is 18.9 Å². The standard InChI is InChI=1S/C24H23N3O6S/c1-32-17-9-13-22(33-2)20(14-17)27-34(30,31)18-10-6-16(7-11-18)24(29)26-25-19-12-8-15-4-3-5-21(28)23(15)19/h3-7,9-11,13-14,27-28H,8,12H2,1-2H3,(H,26,29)/b25-19+. The Balaban J connectivity index is 1.49. The van der Waals surface area contributed by atoms with Crippen molar-refractivity contribution >= 4 is 27.3 Å². The van der Waals surface area contributed by atoms with Crippen LogP contribution in [0.25, 0.3) is 0 Å². The number of rotatable bonds is 7. The zero-order valence-corrected chi connectivity index (χ0v) is 19.3. The minimum atomic E-state index is -3.95. The van der Waals surface area contributed by atoms with Crippen molar-refractivity contribution in [3.63, 3.8) is 0 Å². The fourth-order valence-electron chi connectivity index (χ4n) is 3.68. The molecule has 0 aromatic heterocycles. The molecule has 1 aliphatic rings. The van der Waals surface area contributed by atoms with Crippen LogP contribution in [0.2, 0.25) is 0 Å². The van der Waals surface area contributed by atoms with Gasteiger partial charge in [0.1, 0.15) is 17.2 Å². The van der Waals surface area contributed by atoms with Gasteiger partial charge in [-0.1, -0.05) is 12.1 Å². The Hall–Kier alpha value is -4.05. The van der Waals surface area contributed by atoms with Crippen molar-refractivity contribution in [2.45, 2.75) is 17.7 Å². The maximum atomic E-state index is 12.8. The molecule has 3 N–H and O–H groups in total. The van der Waals surface area contributed by atoms with E-state index in [9.17, 15) is 18.3 Å². The number of nitrogens with zero attached hydrogens (tertiary/aromatic N) is 1. The van der Waals surface area contributed by atoms with Gasteiger partial charge in [-0.15, -0.1) is 0 Å². The summed E-state index contributed by atoms with van der Waals surface area (Å²) in [6.45, 7) is 0. The Morgan fingerprint density at radius 2 is 1.76 bits per heavy atom. The number of phenols is 1. The summed E-state index contributed by atoms with van der Waals surface area (Å²) in [4.78, 5) is 12.5. The number of anilines is 1. The maximum absolute atomic E-state index is 12.8. The fourth-order valence-corrected chi connectivity index (χ4v) is 4.74. The van der Waals surface area contributed by atoms with Crippen molar-refractivity contribution < 1.29 is 27.8 Å². The van der Waals surface area contributed by atoms with Gasteiger partial charge < -0.3 is 14.6 Å². The van der Waals surface area contributed by atoms with Crippen LogP contribution in [-0.2, 0) is 16.4 Å². The van der Waals surface area contributed by atoms with E-state index >= 15 is 0 Å². The highest BCUT2D eigenvalue weighted by atomic mass is 32.2. The van der Waals surface area contributed by atoms with Gasteiger partial charge in [0.25, 0.3) is 15.9 Å².